The van der Waals surface area contributed by atoms with Gasteiger partial charge in [0.2, 0.25) is 5.91 Å². The van der Waals surface area contributed by atoms with Crippen LogP contribution in [0.1, 0.15) is 21.5 Å². The number of carbonyl (C=O) groups excluding carboxylic acids is 2. The zero-order valence-electron chi connectivity index (χ0n) is 14.2. The van der Waals surface area contributed by atoms with Crippen LogP contribution in [0.2, 0.25) is 5.02 Å². The highest BCUT2D eigenvalue weighted by molar-refractivity contribution is 6.34. The Balaban J connectivity index is 1.74. The summed E-state index contributed by atoms with van der Waals surface area (Å²) >= 11 is 6.10. The van der Waals surface area contributed by atoms with Gasteiger partial charge in [0.15, 0.2) is 0 Å². The van der Waals surface area contributed by atoms with Crippen LogP contribution in [0.4, 0.5) is 5.69 Å². The van der Waals surface area contributed by atoms with Gasteiger partial charge in [0, 0.05) is 26.3 Å². The summed E-state index contributed by atoms with van der Waals surface area (Å²) in [6, 6.07) is 12.7. The Labute approximate surface area is 152 Å². The molecule has 1 aliphatic rings. The van der Waals surface area contributed by atoms with E-state index in [1.807, 2.05) is 18.2 Å². The lowest BCUT2D eigenvalue weighted by molar-refractivity contribution is -0.118. The SMILES string of the molecule is CN(C)C(=O)c1cc(NC(=O)C2Cc3ccccc3CN2)ccc1Cl. The van der Waals surface area contributed by atoms with Crippen molar-refractivity contribution < 1.29 is 9.59 Å². The van der Waals surface area contributed by atoms with E-state index in [-0.39, 0.29) is 17.9 Å². The van der Waals surface area contributed by atoms with E-state index >= 15 is 0 Å². The molecule has 25 heavy (non-hydrogen) atoms. The van der Waals surface area contributed by atoms with Crippen molar-refractivity contribution in [2.75, 3.05) is 19.4 Å². The van der Waals surface area contributed by atoms with Crippen molar-refractivity contribution >= 4 is 29.1 Å². The minimum absolute atomic E-state index is 0.125. The van der Waals surface area contributed by atoms with Gasteiger partial charge in [-0.1, -0.05) is 35.9 Å². The molecule has 3 rings (SSSR count). The lowest BCUT2D eigenvalue weighted by Crippen LogP contribution is -2.44. The van der Waals surface area contributed by atoms with Gasteiger partial charge < -0.3 is 15.5 Å². The first-order valence-corrected chi connectivity index (χ1v) is 8.45. The fourth-order valence-corrected chi connectivity index (χ4v) is 3.08. The number of benzene rings is 2. The Morgan fingerprint density at radius 1 is 1.16 bits per heavy atom. The van der Waals surface area contributed by atoms with Crippen LogP contribution in [-0.4, -0.2) is 36.9 Å². The number of hydrogen-bond acceptors (Lipinski definition) is 3. The summed E-state index contributed by atoms with van der Waals surface area (Å²) in [5.41, 5.74) is 3.32. The Morgan fingerprint density at radius 3 is 2.60 bits per heavy atom. The lowest BCUT2D eigenvalue weighted by atomic mass is 9.95. The van der Waals surface area contributed by atoms with Crippen molar-refractivity contribution in [1.29, 1.82) is 0 Å². The topological polar surface area (TPSA) is 61.4 Å². The largest absolute Gasteiger partial charge is 0.345 e. The maximum Gasteiger partial charge on any atom is 0.254 e. The molecule has 0 saturated heterocycles. The minimum Gasteiger partial charge on any atom is -0.345 e. The maximum atomic E-state index is 12.6. The highest BCUT2D eigenvalue weighted by atomic mass is 35.5. The summed E-state index contributed by atoms with van der Waals surface area (Å²) in [6.07, 6.45) is 0.638. The number of amides is 2. The van der Waals surface area contributed by atoms with E-state index in [9.17, 15) is 9.59 Å². The first kappa shape index (κ1) is 17.5. The monoisotopic (exact) mass is 357 g/mol. The van der Waals surface area contributed by atoms with Crippen molar-refractivity contribution in [3.8, 4) is 0 Å². The molecular formula is C19H20ClN3O2. The number of fused-ring (bicyclic) bond motifs is 1. The summed E-state index contributed by atoms with van der Waals surface area (Å²) < 4.78 is 0. The van der Waals surface area contributed by atoms with E-state index in [0.717, 1.165) is 0 Å². The predicted octanol–water partition coefficient (Wildman–Crippen LogP) is 2.69. The Kier molecular flexibility index (Phi) is 5.06. The molecule has 0 spiro atoms. The molecule has 0 bridgehead atoms. The smallest absolute Gasteiger partial charge is 0.254 e. The highest BCUT2D eigenvalue weighted by Crippen LogP contribution is 2.23. The molecule has 6 heteroatoms. The van der Waals surface area contributed by atoms with Gasteiger partial charge in [0.05, 0.1) is 16.6 Å². The first-order chi connectivity index (χ1) is 12.0. The van der Waals surface area contributed by atoms with Crippen molar-refractivity contribution in [3.63, 3.8) is 0 Å². The van der Waals surface area contributed by atoms with Gasteiger partial charge in [-0.2, -0.15) is 0 Å². The average molecular weight is 358 g/mol. The number of hydrogen-bond donors (Lipinski definition) is 2. The molecule has 0 saturated carbocycles. The molecule has 130 valence electrons. The summed E-state index contributed by atoms with van der Waals surface area (Å²) in [5, 5.41) is 6.48. The van der Waals surface area contributed by atoms with Gasteiger partial charge >= 0.3 is 0 Å². The third-order valence-corrected chi connectivity index (χ3v) is 4.60. The van der Waals surface area contributed by atoms with Crippen LogP contribution in [-0.2, 0) is 17.8 Å². The molecule has 1 heterocycles. The van der Waals surface area contributed by atoms with Crippen LogP contribution in [0.15, 0.2) is 42.5 Å². The standard InChI is InChI=1S/C19H20ClN3O2/c1-23(2)19(25)15-10-14(7-8-16(15)20)22-18(24)17-9-12-5-3-4-6-13(12)11-21-17/h3-8,10,17,21H,9,11H2,1-2H3,(H,22,24). The maximum absolute atomic E-state index is 12.6. The summed E-state index contributed by atoms with van der Waals surface area (Å²) in [4.78, 5) is 26.2. The van der Waals surface area contributed by atoms with Crippen LogP contribution >= 0.6 is 11.6 Å². The molecule has 5 nitrogen and oxygen atoms in total. The Bertz CT molecular complexity index is 820. The third-order valence-electron chi connectivity index (χ3n) is 4.27. The highest BCUT2D eigenvalue weighted by Gasteiger charge is 2.24. The van der Waals surface area contributed by atoms with Gasteiger partial charge in [-0.05, 0) is 35.7 Å². The van der Waals surface area contributed by atoms with Crippen molar-refractivity contribution in [3.05, 3.63) is 64.2 Å². The zero-order valence-corrected chi connectivity index (χ0v) is 14.9. The normalized spacial score (nSPS) is 16.0. The molecule has 2 aromatic carbocycles. The number of rotatable bonds is 3. The second-order valence-electron chi connectivity index (χ2n) is 6.29. The quantitative estimate of drug-likeness (QED) is 0.887. The second-order valence-corrected chi connectivity index (χ2v) is 6.70. The molecule has 1 aliphatic heterocycles. The molecule has 1 unspecified atom stereocenters. The summed E-state index contributed by atoms with van der Waals surface area (Å²) in [6.45, 7) is 0.666. The van der Waals surface area contributed by atoms with Crippen molar-refractivity contribution in [2.45, 2.75) is 19.0 Å². The second kappa shape index (κ2) is 7.25. The van der Waals surface area contributed by atoms with Gasteiger partial charge in [0.1, 0.15) is 0 Å². The molecule has 2 aromatic rings. The van der Waals surface area contributed by atoms with Gasteiger partial charge in [-0.25, -0.2) is 0 Å². The van der Waals surface area contributed by atoms with Gasteiger partial charge in [-0.3, -0.25) is 9.59 Å². The van der Waals surface area contributed by atoms with E-state index in [2.05, 4.69) is 16.7 Å². The summed E-state index contributed by atoms with van der Waals surface area (Å²) in [5.74, 6) is -0.328. The minimum atomic E-state index is -0.307. The number of carbonyl (C=O) groups is 2. The molecule has 0 aliphatic carbocycles. The predicted molar refractivity (Wildman–Crippen MR) is 98.9 cm³/mol. The molecule has 0 fully saturated rings. The first-order valence-electron chi connectivity index (χ1n) is 8.08. The van der Waals surface area contributed by atoms with Crippen LogP contribution in [0.25, 0.3) is 0 Å². The number of anilines is 1. The lowest BCUT2D eigenvalue weighted by Gasteiger charge is -2.25. The summed E-state index contributed by atoms with van der Waals surface area (Å²) in [7, 11) is 3.32. The van der Waals surface area contributed by atoms with Crippen molar-refractivity contribution in [1.82, 2.24) is 10.2 Å². The fourth-order valence-electron chi connectivity index (χ4n) is 2.88. The van der Waals surface area contributed by atoms with E-state index < -0.39 is 0 Å². The van der Waals surface area contributed by atoms with Gasteiger partial charge in [0.25, 0.3) is 5.91 Å². The molecule has 0 aromatic heterocycles. The number of nitrogens with zero attached hydrogens (tertiary/aromatic N) is 1. The van der Waals surface area contributed by atoms with E-state index in [1.54, 1.807) is 32.3 Å². The van der Waals surface area contributed by atoms with Crippen LogP contribution < -0.4 is 10.6 Å². The Morgan fingerprint density at radius 2 is 1.88 bits per heavy atom. The van der Waals surface area contributed by atoms with Crippen LogP contribution in [0, 0.1) is 0 Å². The average Bonchev–Trinajstić information content (AvgIpc) is 2.62. The van der Waals surface area contributed by atoms with Gasteiger partial charge in [-0.15, -0.1) is 0 Å². The fraction of sp³-hybridized carbons (Fsp3) is 0.263. The van der Waals surface area contributed by atoms with Crippen molar-refractivity contribution in [2.24, 2.45) is 0 Å². The van der Waals surface area contributed by atoms with E-state index in [4.69, 9.17) is 11.6 Å². The number of halogens is 1. The van der Waals surface area contributed by atoms with Crippen LogP contribution in [0.3, 0.4) is 0 Å². The van der Waals surface area contributed by atoms with E-state index in [1.165, 1.54) is 16.0 Å². The zero-order chi connectivity index (χ0) is 18.0. The third kappa shape index (κ3) is 3.83. The molecule has 2 N–H and O–H groups in total. The molecule has 1 atom stereocenters. The number of nitrogens with one attached hydrogen (secondary N) is 2. The Hall–Kier alpha value is -2.37. The molecular weight excluding hydrogens is 338 g/mol. The molecule has 2 amide bonds. The molecule has 0 radical (unpaired) electrons. The van der Waals surface area contributed by atoms with E-state index in [0.29, 0.717) is 29.2 Å². The van der Waals surface area contributed by atoms with Crippen LogP contribution in [0.5, 0.6) is 0 Å².